The van der Waals surface area contributed by atoms with Crippen LogP contribution < -0.4 is 10.6 Å². The maximum atomic E-state index is 14.0. The van der Waals surface area contributed by atoms with Crippen molar-refractivity contribution in [2.24, 2.45) is 0 Å². The normalized spacial score (nSPS) is 12.5. The van der Waals surface area contributed by atoms with Gasteiger partial charge in [-0.15, -0.1) is 0 Å². The Labute approximate surface area is 121 Å². The molecular weight excluding hydrogens is 269 g/mol. The molecule has 2 N–H and O–H groups in total. The van der Waals surface area contributed by atoms with Gasteiger partial charge >= 0.3 is 0 Å². The SMILES string of the molecule is CC(c1ccccc1F)N(C)c1nc(N)cn2ccnc12. The maximum absolute atomic E-state index is 14.0. The molecule has 0 radical (unpaired) electrons. The zero-order chi connectivity index (χ0) is 15.0. The van der Waals surface area contributed by atoms with Crippen molar-refractivity contribution in [1.29, 1.82) is 0 Å². The van der Waals surface area contributed by atoms with Gasteiger partial charge in [0.15, 0.2) is 11.5 Å². The second-order valence-electron chi connectivity index (χ2n) is 4.96. The number of halogens is 1. The van der Waals surface area contributed by atoms with E-state index < -0.39 is 0 Å². The lowest BCUT2D eigenvalue weighted by Crippen LogP contribution is -2.24. The monoisotopic (exact) mass is 285 g/mol. The first-order chi connectivity index (χ1) is 10.1. The summed E-state index contributed by atoms with van der Waals surface area (Å²) in [4.78, 5) is 10.5. The molecule has 0 saturated heterocycles. The number of imidazole rings is 1. The van der Waals surface area contributed by atoms with Crippen molar-refractivity contribution in [3.8, 4) is 0 Å². The van der Waals surface area contributed by atoms with Crippen LogP contribution in [0.25, 0.3) is 5.65 Å². The van der Waals surface area contributed by atoms with Crippen molar-refractivity contribution in [2.45, 2.75) is 13.0 Å². The molecule has 2 heterocycles. The fourth-order valence-electron chi connectivity index (χ4n) is 2.38. The predicted octanol–water partition coefficient (Wildman–Crippen LogP) is 2.65. The number of nitrogens with zero attached hydrogens (tertiary/aromatic N) is 4. The number of aromatic nitrogens is 3. The van der Waals surface area contributed by atoms with Gasteiger partial charge in [0.2, 0.25) is 0 Å². The van der Waals surface area contributed by atoms with Crippen molar-refractivity contribution < 1.29 is 4.39 Å². The molecule has 0 bridgehead atoms. The lowest BCUT2D eigenvalue weighted by Gasteiger charge is -2.27. The average Bonchev–Trinajstić information content (AvgIpc) is 2.93. The van der Waals surface area contributed by atoms with Crippen LogP contribution in [-0.2, 0) is 0 Å². The lowest BCUT2D eigenvalue weighted by molar-refractivity contribution is 0.584. The van der Waals surface area contributed by atoms with Gasteiger partial charge in [0, 0.05) is 25.0 Å². The highest BCUT2D eigenvalue weighted by Crippen LogP contribution is 2.28. The van der Waals surface area contributed by atoms with Gasteiger partial charge in [-0.1, -0.05) is 18.2 Å². The fraction of sp³-hybridized carbons (Fsp3) is 0.200. The number of fused-ring (bicyclic) bond motifs is 1. The number of rotatable bonds is 3. The van der Waals surface area contributed by atoms with Crippen LogP contribution in [-0.4, -0.2) is 21.4 Å². The Morgan fingerprint density at radius 3 is 2.86 bits per heavy atom. The number of anilines is 2. The molecule has 5 nitrogen and oxygen atoms in total. The van der Waals surface area contributed by atoms with E-state index >= 15 is 0 Å². The van der Waals surface area contributed by atoms with Crippen LogP contribution in [0.5, 0.6) is 0 Å². The Kier molecular flexibility index (Phi) is 3.21. The third kappa shape index (κ3) is 2.29. The zero-order valence-corrected chi connectivity index (χ0v) is 11.9. The molecule has 3 rings (SSSR count). The Hall–Kier alpha value is -2.63. The first-order valence-electron chi connectivity index (χ1n) is 6.64. The molecule has 0 fully saturated rings. The minimum absolute atomic E-state index is 0.194. The van der Waals surface area contributed by atoms with Crippen molar-refractivity contribution >= 4 is 17.3 Å². The summed E-state index contributed by atoms with van der Waals surface area (Å²) in [5, 5.41) is 0. The Morgan fingerprint density at radius 1 is 1.33 bits per heavy atom. The minimum atomic E-state index is -0.236. The van der Waals surface area contributed by atoms with Crippen LogP contribution in [0, 0.1) is 5.82 Å². The van der Waals surface area contributed by atoms with E-state index in [4.69, 9.17) is 5.73 Å². The van der Waals surface area contributed by atoms with Crippen LogP contribution in [0.2, 0.25) is 0 Å². The highest BCUT2D eigenvalue weighted by Gasteiger charge is 2.20. The zero-order valence-electron chi connectivity index (χ0n) is 11.9. The van der Waals surface area contributed by atoms with E-state index in [1.165, 1.54) is 6.07 Å². The second kappa shape index (κ2) is 5.05. The molecule has 21 heavy (non-hydrogen) atoms. The van der Waals surface area contributed by atoms with E-state index in [1.54, 1.807) is 30.7 Å². The van der Waals surface area contributed by atoms with Gasteiger partial charge in [0.05, 0.1) is 12.2 Å². The number of nitrogens with two attached hydrogens (primary N) is 1. The van der Waals surface area contributed by atoms with Crippen molar-refractivity contribution in [3.63, 3.8) is 0 Å². The Balaban J connectivity index is 2.06. The number of hydrogen-bond donors (Lipinski definition) is 1. The average molecular weight is 285 g/mol. The minimum Gasteiger partial charge on any atom is -0.382 e. The molecule has 108 valence electrons. The highest BCUT2D eigenvalue weighted by molar-refractivity contribution is 5.66. The van der Waals surface area contributed by atoms with Crippen LogP contribution in [0.1, 0.15) is 18.5 Å². The van der Waals surface area contributed by atoms with E-state index in [9.17, 15) is 4.39 Å². The third-order valence-electron chi connectivity index (χ3n) is 3.65. The van der Waals surface area contributed by atoms with Crippen LogP contribution in [0.3, 0.4) is 0 Å². The predicted molar refractivity (Wildman–Crippen MR) is 80.6 cm³/mol. The van der Waals surface area contributed by atoms with Crippen LogP contribution in [0.15, 0.2) is 42.9 Å². The summed E-state index contributed by atoms with van der Waals surface area (Å²) < 4.78 is 15.8. The van der Waals surface area contributed by atoms with Gasteiger partial charge < -0.3 is 15.0 Å². The molecule has 1 atom stereocenters. The fourth-order valence-corrected chi connectivity index (χ4v) is 2.38. The summed E-state index contributed by atoms with van der Waals surface area (Å²) in [5.74, 6) is 0.777. The molecule has 3 aromatic rings. The smallest absolute Gasteiger partial charge is 0.180 e. The van der Waals surface area contributed by atoms with Gasteiger partial charge in [-0.3, -0.25) is 0 Å². The molecule has 0 saturated carbocycles. The molecule has 0 aliphatic carbocycles. The first kappa shape index (κ1) is 13.4. The van der Waals surface area contributed by atoms with Crippen molar-refractivity contribution in [1.82, 2.24) is 14.4 Å². The maximum Gasteiger partial charge on any atom is 0.180 e. The first-order valence-corrected chi connectivity index (χ1v) is 6.64. The Bertz CT molecular complexity index is 783. The number of hydrogen-bond acceptors (Lipinski definition) is 4. The van der Waals surface area contributed by atoms with E-state index in [-0.39, 0.29) is 11.9 Å². The summed E-state index contributed by atoms with van der Waals surface area (Å²) in [7, 11) is 1.85. The molecule has 0 spiro atoms. The van der Waals surface area contributed by atoms with Gasteiger partial charge in [-0.05, 0) is 13.0 Å². The molecular formula is C15H16FN5. The molecule has 0 amide bonds. The summed E-state index contributed by atoms with van der Waals surface area (Å²) in [6.45, 7) is 1.92. The topological polar surface area (TPSA) is 59.5 Å². The standard InChI is InChI=1S/C15H16FN5/c1-10(11-5-3-4-6-12(11)16)20(2)15-14-18-7-8-21(14)9-13(17)19-15/h3-10H,17H2,1-2H3. The quantitative estimate of drug-likeness (QED) is 0.803. The second-order valence-corrected chi connectivity index (χ2v) is 4.96. The third-order valence-corrected chi connectivity index (χ3v) is 3.65. The molecule has 6 heteroatoms. The van der Waals surface area contributed by atoms with Gasteiger partial charge in [0.25, 0.3) is 0 Å². The van der Waals surface area contributed by atoms with Crippen molar-refractivity contribution in [2.75, 3.05) is 17.7 Å². The van der Waals surface area contributed by atoms with Gasteiger partial charge in [-0.25, -0.2) is 14.4 Å². The molecule has 0 aliphatic heterocycles. The largest absolute Gasteiger partial charge is 0.382 e. The number of nitrogen functional groups attached to an aromatic ring is 1. The van der Waals surface area contributed by atoms with E-state index in [0.29, 0.717) is 22.8 Å². The highest BCUT2D eigenvalue weighted by atomic mass is 19.1. The Morgan fingerprint density at radius 2 is 2.10 bits per heavy atom. The molecule has 1 unspecified atom stereocenters. The molecule has 2 aromatic heterocycles. The summed E-state index contributed by atoms with van der Waals surface area (Å²) in [5.41, 5.74) is 7.13. The summed E-state index contributed by atoms with van der Waals surface area (Å²) >= 11 is 0. The lowest BCUT2D eigenvalue weighted by atomic mass is 10.1. The van der Waals surface area contributed by atoms with E-state index in [2.05, 4.69) is 9.97 Å². The van der Waals surface area contributed by atoms with E-state index in [0.717, 1.165) is 0 Å². The van der Waals surface area contributed by atoms with Crippen LogP contribution >= 0.6 is 0 Å². The molecule has 1 aromatic carbocycles. The van der Waals surface area contributed by atoms with Crippen LogP contribution in [0.4, 0.5) is 16.0 Å². The summed E-state index contributed by atoms with van der Waals surface area (Å²) in [6.07, 6.45) is 5.19. The summed E-state index contributed by atoms with van der Waals surface area (Å²) in [6, 6.07) is 6.53. The molecule has 0 aliphatic rings. The van der Waals surface area contributed by atoms with Gasteiger partial charge in [-0.2, -0.15) is 0 Å². The van der Waals surface area contributed by atoms with Gasteiger partial charge in [0.1, 0.15) is 11.6 Å². The van der Waals surface area contributed by atoms with E-state index in [1.807, 2.05) is 29.3 Å². The number of benzene rings is 1. The van der Waals surface area contributed by atoms with Crippen molar-refractivity contribution in [3.05, 3.63) is 54.2 Å².